The number of alkyl halides is 3. The van der Waals surface area contributed by atoms with E-state index in [4.69, 9.17) is 5.11 Å². The zero-order chi connectivity index (χ0) is 16.0. The molecule has 1 aromatic heterocycles. The van der Waals surface area contributed by atoms with Gasteiger partial charge < -0.3 is 15.0 Å². The molecule has 0 saturated heterocycles. The summed E-state index contributed by atoms with van der Waals surface area (Å²) < 4.78 is 37.8. The number of carboxylic acids is 1. The van der Waals surface area contributed by atoms with E-state index in [-0.39, 0.29) is 12.2 Å². The molecule has 0 aliphatic heterocycles. The topological polar surface area (TPSA) is 71.3 Å². The van der Waals surface area contributed by atoms with Crippen molar-refractivity contribution in [3.63, 3.8) is 0 Å². The molecular formula is C13H17F3N2O3. The van der Waals surface area contributed by atoms with E-state index in [1.807, 2.05) is 0 Å². The van der Waals surface area contributed by atoms with E-state index in [1.165, 1.54) is 18.3 Å². The minimum atomic E-state index is -4.40. The number of rotatable bonds is 7. The average molecular weight is 306 g/mol. The van der Waals surface area contributed by atoms with Gasteiger partial charge in [0.05, 0.1) is 5.92 Å². The minimum Gasteiger partial charge on any atom is -0.481 e. The van der Waals surface area contributed by atoms with Crippen LogP contribution in [-0.4, -0.2) is 34.3 Å². The summed E-state index contributed by atoms with van der Waals surface area (Å²) >= 11 is 0. The molecule has 1 aromatic rings. The fraction of sp³-hybridized carbons (Fsp3) is 0.538. The van der Waals surface area contributed by atoms with E-state index in [0.29, 0.717) is 12.8 Å². The van der Waals surface area contributed by atoms with Crippen molar-refractivity contribution in [2.75, 3.05) is 6.54 Å². The Labute approximate surface area is 119 Å². The Morgan fingerprint density at radius 3 is 2.67 bits per heavy atom. The third kappa shape index (κ3) is 5.88. The summed E-state index contributed by atoms with van der Waals surface area (Å²) in [7, 11) is 0. The number of carboxylic acid groups (broad SMARTS) is 1. The molecule has 8 heteroatoms. The van der Waals surface area contributed by atoms with Gasteiger partial charge in [-0.1, -0.05) is 6.92 Å². The van der Waals surface area contributed by atoms with E-state index < -0.39 is 30.5 Å². The normalized spacial score (nSPS) is 13.0. The van der Waals surface area contributed by atoms with Crippen LogP contribution >= 0.6 is 0 Å². The minimum absolute atomic E-state index is 0.0707. The Balaban J connectivity index is 2.46. The highest BCUT2D eigenvalue weighted by Crippen LogP contribution is 2.19. The van der Waals surface area contributed by atoms with Gasteiger partial charge in [-0.25, -0.2) is 0 Å². The summed E-state index contributed by atoms with van der Waals surface area (Å²) in [6.45, 7) is 0.547. The zero-order valence-electron chi connectivity index (χ0n) is 11.5. The molecule has 0 spiro atoms. The maximum absolute atomic E-state index is 12.3. The quantitative estimate of drug-likeness (QED) is 0.759. The van der Waals surface area contributed by atoms with Crippen LogP contribution in [0.15, 0.2) is 18.3 Å². The maximum atomic E-state index is 12.3. The molecule has 0 aromatic carbocycles. The Morgan fingerprint density at radius 1 is 1.43 bits per heavy atom. The van der Waals surface area contributed by atoms with Gasteiger partial charge in [-0.2, -0.15) is 13.2 Å². The second-order valence-corrected chi connectivity index (χ2v) is 4.77. The smallest absolute Gasteiger partial charge is 0.406 e. The van der Waals surface area contributed by atoms with Crippen LogP contribution in [0.25, 0.3) is 0 Å². The summed E-state index contributed by atoms with van der Waals surface area (Å²) in [6.07, 6.45) is -2.38. The number of hydrogen-bond acceptors (Lipinski definition) is 2. The Hall–Kier alpha value is -1.99. The average Bonchev–Trinajstić information content (AvgIpc) is 2.79. The molecule has 0 aliphatic carbocycles. The van der Waals surface area contributed by atoms with Crippen LogP contribution < -0.4 is 5.32 Å². The second kappa shape index (κ2) is 7.14. The third-order valence-corrected chi connectivity index (χ3v) is 2.93. The van der Waals surface area contributed by atoms with Gasteiger partial charge in [-0.15, -0.1) is 0 Å². The van der Waals surface area contributed by atoms with Crippen LogP contribution in [0.2, 0.25) is 0 Å². The number of nitrogens with zero attached hydrogens (tertiary/aromatic N) is 1. The van der Waals surface area contributed by atoms with Gasteiger partial charge in [-0.3, -0.25) is 9.59 Å². The molecule has 5 nitrogen and oxygen atoms in total. The molecule has 1 heterocycles. The van der Waals surface area contributed by atoms with Gasteiger partial charge in [-0.05, 0) is 25.0 Å². The van der Waals surface area contributed by atoms with E-state index in [0.717, 1.165) is 4.57 Å². The summed E-state index contributed by atoms with van der Waals surface area (Å²) in [4.78, 5) is 22.4. The van der Waals surface area contributed by atoms with Crippen molar-refractivity contribution in [2.45, 2.75) is 32.5 Å². The predicted molar refractivity (Wildman–Crippen MR) is 68.9 cm³/mol. The molecule has 1 amide bonds. The summed E-state index contributed by atoms with van der Waals surface area (Å²) in [5.41, 5.74) is -0.0707. The molecule has 1 unspecified atom stereocenters. The van der Waals surface area contributed by atoms with Crippen LogP contribution in [0.5, 0.6) is 0 Å². The molecular weight excluding hydrogens is 289 g/mol. The van der Waals surface area contributed by atoms with Crippen molar-refractivity contribution in [3.05, 3.63) is 24.0 Å². The molecule has 2 N–H and O–H groups in total. The van der Waals surface area contributed by atoms with Gasteiger partial charge in [0.2, 0.25) is 0 Å². The van der Waals surface area contributed by atoms with Crippen LogP contribution in [0.3, 0.4) is 0 Å². The SMILES string of the molecule is CC(CCCNC(=O)c1cccn1CC(F)(F)F)C(=O)O. The number of aromatic nitrogens is 1. The molecule has 21 heavy (non-hydrogen) atoms. The van der Waals surface area contributed by atoms with Crippen LogP contribution in [-0.2, 0) is 11.3 Å². The first-order valence-electron chi connectivity index (χ1n) is 6.43. The lowest BCUT2D eigenvalue weighted by Crippen LogP contribution is -2.29. The monoisotopic (exact) mass is 306 g/mol. The number of carbonyl (C=O) groups excluding carboxylic acids is 1. The van der Waals surface area contributed by atoms with E-state index in [9.17, 15) is 22.8 Å². The number of aliphatic carboxylic acids is 1. The second-order valence-electron chi connectivity index (χ2n) is 4.77. The highest BCUT2D eigenvalue weighted by atomic mass is 19.4. The van der Waals surface area contributed by atoms with Crippen molar-refractivity contribution < 1.29 is 27.9 Å². The number of halogens is 3. The fourth-order valence-corrected chi connectivity index (χ4v) is 1.78. The van der Waals surface area contributed by atoms with Crippen molar-refractivity contribution in [3.8, 4) is 0 Å². The third-order valence-electron chi connectivity index (χ3n) is 2.93. The molecule has 0 bridgehead atoms. The van der Waals surface area contributed by atoms with Gasteiger partial charge in [0.1, 0.15) is 12.2 Å². The first-order valence-corrected chi connectivity index (χ1v) is 6.43. The number of nitrogens with one attached hydrogen (secondary N) is 1. The van der Waals surface area contributed by atoms with Crippen LogP contribution in [0, 0.1) is 5.92 Å². The Bertz CT molecular complexity index is 497. The van der Waals surface area contributed by atoms with E-state index >= 15 is 0 Å². The van der Waals surface area contributed by atoms with Gasteiger partial charge in [0, 0.05) is 12.7 Å². The van der Waals surface area contributed by atoms with Crippen molar-refractivity contribution in [1.29, 1.82) is 0 Å². The zero-order valence-corrected chi connectivity index (χ0v) is 11.5. The van der Waals surface area contributed by atoms with Crippen molar-refractivity contribution in [1.82, 2.24) is 9.88 Å². The first kappa shape index (κ1) is 17.1. The lowest BCUT2D eigenvalue weighted by atomic mass is 10.1. The van der Waals surface area contributed by atoms with E-state index in [2.05, 4.69) is 5.32 Å². The Kier molecular flexibility index (Phi) is 5.80. The van der Waals surface area contributed by atoms with E-state index in [1.54, 1.807) is 6.92 Å². The number of carbonyl (C=O) groups is 2. The largest absolute Gasteiger partial charge is 0.481 e. The maximum Gasteiger partial charge on any atom is 0.406 e. The molecule has 1 atom stereocenters. The lowest BCUT2D eigenvalue weighted by molar-refractivity contribution is -0.142. The highest BCUT2D eigenvalue weighted by molar-refractivity contribution is 5.92. The van der Waals surface area contributed by atoms with Crippen molar-refractivity contribution in [2.24, 2.45) is 5.92 Å². The standard InChI is InChI=1S/C13H17F3N2O3/c1-9(12(20)21)4-2-6-17-11(19)10-5-3-7-18(10)8-13(14,15)16/h3,5,7,9H,2,4,6,8H2,1H3,(H,17,19)(H,20,21). The summed E-state index contributed by atoms with van der Waals surface area (Å²) in [6, 6.07) is 2.67. The predicted octanol–water partition coefficient (Wildman–Crippen LogP) is 2.28. The molecule has 0 radical (unpaired) electrons. The number of hydrogen-bond donors (Lipinski definition) is 2. The molecule has 0 saturated carbocycles. The van der Waals surface area contributed by atoms with Gasteiger partial charge in [0.25, 0.3) is 5.91 Å². The molecule has 1 rings (SSSR count). The highest BCUT2D eigenvalue weighted by Gasteiger charge is 2.29. The molecule has 0 fully saturated rings. The van der Waals surface area contributed by atoms with Crippen LogP contribution in [0.4, 0.5) is 13.2 Å². The fourth-order valence-electron chi connectivity index (χ4n) is 1.78. The van der Waals surface area contributed by atoms with Gasteiger partial charge >= 0.3 is 12.1 Å². The molecule has 118 valence electrons. The number of amides is 1. The summed E-state index contributed by atoms with van der Waals surface area (Å²) in [5.74, 6) is -2.04. The molecule has 0 aliphatic rings. The summed E-state index contributed by atoms with van der Waals surface area (Å²) in [5, 5.41) is 11.2. The van der Waals surface area contributed by atoms with Gasteiger partial charge in [0.15, 0.2) is 0 Å². The Morgan fingerprint density at radius 2 is 2.10 bits per heavy atom. The lowest BCUT2D eigenvalue weighted by Gasteiger charge is -2.12. The van der Waals surface area contributed by atoms with Crippen LogP contribution in [0.1, 0.15) is 30.3 Å². The first-order chi connectivity index (χ1) is 9.70. The van der Waals surface area contributed by atoms with Crippen molar-refractivity contribution >= 4 is 11.9 Å².